The lowest BCUT2D eigenvalue weighted by Crippen LogP contribution is -2.30. The third kappa shape index (κ3) is 4.48. The van der Waals surface area contributed by atoms with Crippen molar-refractivity contribution in [2.45, 2.75) is 50.7 Å². The first-order valence-electron chi connectivity index (χ1n) is 8.32. The Balaban J connectivity index is 1.50. The minimum atomic E-state index is 0.614. The van der Waals surface area contributed by atoms with Crippen LogP contribution in [0.4, 0.5) is 0 Å². The van der Waals surface area contributed by atoms with Gasteiger partial charge in [-0.15, -0.1) is 0 Å². The second-order valence-corrected chi connectivity index (χ2v) is 7.91. The van der Waals surface area contributed by atoms with E-state index >= 15 is 0 Å². The fourth-order valence-corrected chi connectivity index (χ4v) is 4.29. The van der Waals surface area contributed by atoms with Crippen molar-refractivity contribution in [3.05, 3.63) is 35.4 Å². The molecular formula is C18H28N2S. The number of thioether (sulfide) groups is 1. The van der Waals surface area contributed by atoms with Gasteiger partial charge in [-0.1, -0.05) is 31.2 Å². The summed E-state index contributed by atoms with van der Waals surface area (Å²) in [5.41, 5.74) is 2.91. The topological polar surface area (TPSA) is 15.3 Å². The molecule has 2 fully saturated rings. The average molecular weight is 305 g/mol. The van der Waals surface area contributed by atoms with Gasteiger partial charge in [-0.3, -0.25) is 4.90 Å². The van der Waals surface area contributed by atoms with Crippen LogP contribution in [0.2, 0.25) is 0 Å². The van der Waals surface area contributed by atoms with Gasteiger partial charge in [0.25, 0.3) is 0 Å². The van der Waals surface area contributed by atoms with Crippen molar-refractivity contribution in [1.29, 1.82) is 0 Å². The van der Waals surface area contributed by atoms with Gasteiger partial charge in [-0.25, -0.2) is 0 Å². The Labute approximate surface area is 133 Å². The lowest BCUT2D eigenvalue weighted by molar-refractivity contribution is 0.254. The van der Waals surface area contributed by atoms with Gasteiger partial charge in [0, 0.05) is 30.9 Å². The van der Waals surface area contributed by atoms with E-state index in [4.69, 9.17) is 0 Å². The van der Waals surface area contributed by atoms with E-state index in [0.717, 1.165) is 25.2 Å². The van der Waals surface area contributed by atoms with Crippen LogP contribution in [0.1, 0.15) is 43.2 Å². The summed E-state index contributed by atoms with van der Waals surface area (Å²) in [5, 5.41) is 3.63. The Kier molecular flexibility index (Phi) is 5.25. The molecule has 1 heterocycles. The van der Waals surface area contributed by atoms with Crippen LogP contribution in [0, 0.1) is 0 Å². The second-order valence-electron chi connectivity index (χ2n) is 6.76. The first-order chi connectivity index (χ1) is 10.2. The summed E-state index contributed by atoms with van der Waals surface area (Å²) in [5.74, 6) is 3.25. The number of nitrogens with zero attached hydrogens (tertiary/aromatic N) is 1. The number of nitrogens with one attached hydrogen (secondary N) is 1. The van der Waals surface area contributed by atoms with E-state index < -0.39 is 0 Å². The Morgan fingerprint density at radius 1 is 1.24 bits per heavy atom. The van der Waals surface area contributed by atoms with Crippen LogP contribution >= 0.6 is 11.8 Å². The van der Waals surface area contributed by atoms with Gasteiger partial charge in [0.2, 0.25) is 0 Å². The van der Waals surface area contributed by atoms with Crippen LogP contribution in [0.3, 0.4) is 0 Å². The first kappa shape index (κ1) is 15.4. The molecule has 0 spiro atoms. The van der Waals surface area contributed by atoms with E-state index in [2.05, 4.69) is 60.2 Å². The molecule has 0 amide bonds. The van der Waals surface area contributed by atoms with Gasteiger partial charge in [0.1, 0.15) is 0 Å². The minimum absolute atomic E-state index is 0.614. The molecule has 2 nitrogen and oxygen atoms in total. The predicted molar refractivity (Wildman–Crippen MR) is 93.1 cm³/mol. The third-order valence-electron chi connectivity index (χ3n) is 4.80. The molecule has 1 aliphatic heterocycles. The average Bonchev–Trinajstić information content (AvgIpc) is 3.16. The summed E-state index contributed by atoms with van der Waals surface area (Å²) in [4.78, 5) is 2.52. The maximum atomic E-state index is 3.63. The zero-order valence-electron chi connectivity index (χ0n) is 13.3. The summed E-state index contributed by atoms with van der Waals surface area (Å²) in [6.45, 7) is 4.52. The van der Waals surface area contributed by atoms with E-state index in [1.54, 1.807) is 0 Å². The largest absolute Gasteiger partial charge is 0.313 e. The van der Waals surface area contributed by atoms with Crippen LogP contribution in [-0.4, -0.2) is 42.1 Å². The summed E-state index contributed by atoms with van der Waals surface area (Å²) >= 11 is 2.09. The number of rotatable bonds is 7. The molecule has 2 atom stereocenters. The molecule has 1 saturated heterocycles. The number of benzene rings is 1. The fourth-order valence-electron chi connectivity index (χ4n) is 2.99. The molecule has 2 aliphatic rings. The molecule has 0 radical (unpaired) electrons. The standard InChI is InChI=1S/C18H28N2S/c1-14(11-19-17-7-8-17)16-5-3-15(4-6-16)12-20(2)18-9-10-21-13-18/h3-6,14,17-19H,7-13H2,1-2H3. The highest BCUT2D eigenvalue weighted by molar-refractivity contribution is 7.99. The molecule has 1 aromatic rings. The van der Waals surface area contributed by atoms with E-state index in [1.165, 1.54) is 41.9 Å². The van der Waals surface area contributed by atoms with E-state index in [-0.39, 0.29) is 0 Å². The lowest BCUT2D eigenvalue weighted by atomic mass is 9.99. The molecular weight excluding hydrogens is 276 g/mol. The van der Waals surface area contributed by atoms with Gasteiger partial charge >= 0.3 is 0 Å². The molecule has 0 aromatic heterocycles. The Bertz CT molecular complexity index is 435. The van der Waals surface area contributed by atoms with Crippen LogP contribution in [-0.2, 0) is 6.54 Å². The first-order valence-corrected chi connectivity index (χ1v) is 9.48. The van der Waals surface area contributed by atoms with Crippen LogP contribution in [0.5, 0.6) is 0 Å². The summed E-state index contributed by atoms with van der Waals surface area (Å²) in [6, 6.07) is 10.9. The van der Waals surface area contributed by atoms with Gasteiger partial charge in [-0.2, -0.15) is 11.8 Å². The monoisotopic (exact) mass is 304 g/mol. The minimum Gasteiger partial charge on any atom is -0.313 e. The molecule has 1 aliphatic carbocycles. The summed E-state index contributed by atoms with van der Waals surface area (Å²) in [7, 11) is 2.27. The fraction of sp³-hybridized carbons (Fsp3) is 0.667. The van der Waals surface area contributed by atoms with Crippen LogP contribution < -0.4 is 5.32 Å². The molecule has 1 aromatic carbocycles. The van der Waals surface area contributed by atoms with Gasteiger partial charge in [-0.05, 0) is 49.1 Å². The molecule has 1 saturated carbocycles. The zero-order chi connectivity index (χ0) is 14.7. The van der Waals surface area contributed by atoms with Crippen molar-refractivity contribution >= 4 is 11.8 Å². The molecule has 3 heteroatoms. The van der Waals surface area contributed by atoms with Crippen LogP contribution in [0.25, 0.3) is 0 Å². The maximum Gasteiger partial charge on any atom is 0.0233 e. The van der Waals surface area contributed by atoms with Crippen LogP contribution in [0.15, 0.2) is 24.3 Å². The predicted octanol–water partition coefficient (Wildman–Crippen LogP) is 3.48. The van der Waals surface area contributed by atoms with Gasteiger partial charge in [0.15, 0.2) is 0 Å². The molecule has 3 rings (SSSR count). The highest BCUT2D eigenvalue weighted by atomic mass is 32.2. The lowest BCUT2D eigenvalue weighted by Gasteiger charge is -2.23. The smallest absolute Gasteiger partial charge is 0.0233 e. The highest BCUT2D eigenvalue weighted by Crippen LogP contribution is 2.24. The molecule has 0 bridgehead atoms. The molecule has 2 unspecified atom stereocenters. The van der Waals surface area contributed by atoms with Crippen molar-refractivity contribution in [3.8, 4) is 0 Å². The van der Waals surface area contributed by atoms with Crippen molar-refractivity contribution in [1.82, 2.24) is 10.2 Å². The van der Waals surface area contributed by atoms with Crippen molar-refractivity contribution in [3.63, 3.8) is 0 Å². The van der Waals surface area contributed by atoms with Crippen molar-refractivity contribution in [2.24, 2.45) is 0 Å². The van der Waals surface area contributed by atoms with E-state index in [9.17, 15) is 0 Å². The van der Waals surface area contributed by atoms with Crippen molar-refractivity contribution in [2.75, 3.05) is 25.1 Å². The van der Waals surface area contributed by atoms with E-state index in [0.29, 0.717) is 5.92 Å². The summed E-state index contributed by atoms with van der Waals surface area (Å²) in [6.07, 6.45) is 4.10. The quantitative estimate of drug-likeness (QED) is 0.830. The zero-order valence-corrected chi connectivity index (χ0v) is 14.2. The Morgan fingerprint density at radius 2 is 2.00 bits per heavy atom. The maximum absolute atomic E-state index is 3.63. The Hall–Kier alpha value is -0.510. The van der Waals surface area contributed by atoms with E-state index in [1.807, 2.05) is 0 Å². The highest BCUT2D eigenvalue weighted by Gasteiger charge is 2.21. The second kappa shape index (κ2) is 7.17. The van der Waals surface area contributed by atoms with Gasteiger partial charge < -0.3 is 5.32 Å². The van der Waals surface area contributed by atoms with Gasteiger partial charge in [0.05, 0.1) is 0 Å². The normalized spacial score (nSPS) is 23.7. The Morgan fingerprint density at radius 3 is 2.62 bits per heavy atom. The molecule has 21 heavy (non-hydrogen) atoms. The number of hydrogen-bond donors (Lipinski definition) is 1. The molecule has 1 N–H and O–H groups in total. The molecule has 116 valence electrons. The number of hydrogen-bond acceptors (Lipinski definition) is 3. The van der Waals surface area contributed by atoms with Crippen molar-refractivity contribution < 1.29 is 0 Å². The third-order valence-corrected chi connectivity index (χ3v) is 5.94. The summed E-state index contributed by atoms with van der Waals surface area (Å²) < 4.78 is 0. The SMILES string of the molecule is CC(CNC1CC1)c1ccc(CN(C)C2CCSC2)cc1.